The molecule has 190 valence electrons. The third kappa shape index (κ3) is 4.91. The molecule has 36 heavy (non-hydrogen) atoms. The van der Waals surface area contributed by atoms with Crippen molar-refractivity contribution in [3.8, 4) is 17.2 Å². The molecule has 2 aromatic carbocycles. The van der Waals surface area contributed by atoms with Gasteiger partial charge >= 0.3 is 6.03 Å². The van der Waals surface area contributed by atoms with Gasteiger partial charge in [0.25, 0.3) is 0 Å². The molecule has 0 radical (unpaired) electrons. The quantitative estimate of drug-likeness (QED) is 0.470. The monoisotopic (exact) mass is 495 g/mol. The first-order valence-corrected chi connectivity index (χ1v) is 11.4. The molecule has 3 N–H and O–H groups in total. The lowest BCUT2D eigenvalue weighted by Gasteiger charge is -2.46. The number of aromatic hydroxyl groups is 1. The number of phenols is 1. The summed E-state index contributed by atoms with van der Waals surface area (Å²) in [6, 6.07) is 10.5. The number of amides is 4. The van der Waals surface area contributed by atoms with Gasteiger partial charge in [0.2, 0.25) is 18.1 Å². The van der Waals surface area contributed by atoms with Crippen LogP contribution in [0.25, 0.3) is 0 Å². The number of urea groups is 1. The Morgan fingerprint density at radius 1 is 1.14 bits per heavy atom. The lowest BCUT2D eigenvalue weighted by atomic mass is 10.0. The summed E-state index contributed by atoms with van der Waals surface area (Å²) in [5.41, 5.74) is 1.56. The van der Waals surface area contributed by atoms with E-state index in [1.165, 1.54) is 29.2 Å². The van der Waals surface area contributed by atoms with Crippen LogP contribution in [0.5, 0.6) is 17.2 Å². The number of rotatable bonds is 8. The summed E-state index contributed by atoms with van der Waals surface area (Å²) in [7, 11) is 3.08. The highest BCUT2D eigenvalue weighted by atomic mass is 16.5. The Balaban J connectivity index is 1.53. The Hall–Kier alpha value is -4.25. The third-order valence-electron chi connectivity index (χ3n) is 6.12. The van der Waals surface area contributed by atoms with Crippen molar-refractivity contribution >= 4 is 17.8 Å². The molecule has 2 atom stereocenters. The second-order valence-electron chi connectivity index (χ2n) is 8.40. The Bertz CT molecular complexity index is 1150. The Kier molecular flexibility index (Phi) is 7.30. The van der Waals surface area contributed by atoms with E-state index in [1.54, 1.807) is 48.5 Å². The van der Waals surface area contributed by atoms with E-state index in [1.807, 2.05) is 0 Å². The number of hydrogen-bond donors (Lipinski definition) is 3. The minimum absolute atomic E-state index is 0.0899. The van der Waals surface area contributed by atoms with Crippen LogP contribution in [0, 0.1) is 0 Å². The molecule has 0 spiro atoms. The number of hydrogen-bond acceptors (Lipinski definition) is 7. The van der Waals surface area contributed by atoms with Crippen LogP contribution >= 0.6 is 0 Å². The molecule has 2 aliphatic rings. The first kappa shape index (κ1) is 24.9. The number of ether oxygens (including phenoxy) is 2. The summed E-state index contributed by atoms with van der Waals surface area (Å²) in [5.74, 6) is 0.571. The van der Waals surface area contributed by atoms with Gasteiger partial charge in [-0.1, -0.05) is 24.3 Å². The highest BCUT2D eigenvalue weighted by molar-refractivity contribution is 5.93. The molecule has 0 bridgehead atoms. The number of fused-ring (bicyclic) bond motifs is 1. The second-order valence-corrected chi connectivity index (χ2v) is 8.40. The molecular formula is C25H29N5O6. The topological polar surface area (TPSA) is 124 Å². The molecule has 11 nitrogen and oxygen atoms in total. The molecule has 2 heterocycles. The molecule has 11 heteroatoms. The Morgan fingerprint density at radius 3 is 2.50 bits per heavy atom. The number of nitrogens with one attached hydrogen (secondary N) is 2. The molecule has 2 aromatic rings. The molecule has 2 aliphatic heterocycles. The normalized spacial score (nSPS) is 19.5. The maximum absolute atomic E-state index is 13.4. The number of nitrogens with zero attached hydrogens (tertiary/aromatic N) is 3. The number of benzene rings is 2. The van der Waals surface area contributed by atoms with Crippen molar-refractivity contribution in [2.24, 2.45) is 0 Å². The van der Waals surface area contributed by atoms with Crippen LogP contribution < -0.4 is 20.1 Å². The molecule has 4 rings (SSSR count). The number of phenolic OH excluding ortho intramolecular Hbond substituents is 1. The predicted molar refractivity (Wildman–Crippen MR) is 130 cm³/mol. The van der Waals surface area contributed by atoms with Crippen LogP contribution in [0.2, 0.25) is 0 Å². The van der Waals surface area contributed by atoms with Gasteiger partial charge in [0.1, 0.15) is 11.8 Å². The molecule has 0 saturated carbocycles. The van der Waals surface area contributed by atoms with Gasteiger partial charge in [0.15, 0.2) is 11.5 Å². The first-order chi connectivity index (χ1) is 17.4. The van der Waals surface area contributed by atoms with E-state index < -0.39 is 18.4 Å². The van der Waals surface area contributed by atoms with Gasteiger partial charge in [0.05, 0.1) is 20.8 Å². The number of methoxy groups -OCH3 is 2. The van der Waals surface area contributed by atoms with Gasteiger partial charge in [-0.15, -0.1) is 6.58 Å². The van der Waals surface area contributed by atoms with Crippen molar-refractivity contribution in [2.45, 2.75) is 25.3 Å². The van der Waals surface area contributed by atoms with Crippen LogP contribution in [0.3, 0.4) is 0 Å². The van der Waals surface area contributed by atoms with Crippen molar-refractivity contribution < 1.29 is 29.0 Å². The van der Waals surface area contributed by atoms with Crippen molar-refractivity contribution in [2.75, 3.05) is 27.3 Å². The van der Waals surface area contributed by atoms with Gasteiger partial charge < -0.3 is 25.2 Å². The van der Waals surface area contributed by atoms with Gasteiger partial charge in [-0.25, -0.2) is 14.8 Å². The van der Waals surface area contributed by atoms with Crippen molar-refractivity contribution in [1.82, 2.24) is 25.6 Å². The fraction of sp³-hybridized carbons (Fsp3) is 0.320. The third-order valence-corrected chi connectivity index (χ3v) is 6.12. The van der Waals surface area contributed by atoms with Crippen molar-refractivity contribution in [3.63, 3.8) is 0 Å². The van der Waals surface area contributed by atoms with E-state index in [2.05, 4.69) is 17.2 Å². The fourth-order valence-electron chi connectivity index (χ4n) is 4.38. The van der Waals surface area contributed by atoms with Crippen LogP contribution in [-0.4, -0.2) is 77.5 Å². The zero-order chi connectivity index (χ0) is 25.8. The lowest BCUT2D eigenvalue weighted by Crippen LogP contribution is -2.69. The molecule has 0 unspecified atom stereocenters. The fourth-order valence-corrected chi connectivity index (χ4v) is 4.38. The van der Waals surface area contributed by atoms with Crippen molar-refractivity contribution in [3.05, 3.63) is 66.2 Å². The van der Waals surface area contributed by atoms with E-state index in [0.29, 0.717) is 11.5 Å². The second kappa shape index (κ2) is 10.6. The SMILES string of the molecule is C=CCN1CC(=O)N2[C@@H](Cc3ccc(O)cc3)C(=O)N[C@@H]2N1C(=O)NCc1ccc(OC)c(OC)c1. The summed E-state index contributed by atoms with van der Waals surface area (Å²) in [6.07, 6.45) is 0.852. The first-order valence-electron chi connectivity index (χ1n) is 11.4. The summed E-state index contributed by atoms with van der Waals surface area (Å²) in [5, 5.41) is 18.1. The van der Waals surface area contributed by atoms with Crippen molar-refractivity contribution in [1.29, 1.82) is 0 Å². The average molecular weight is 496 g/mol. The predicted octanol–water partition coefficient (Wildman–Crippen LogP) is 1.19. The van der Waals surface area contributed by atoms with E-state index in [4.69, 9.17) is 9.47 Å². The molecular weight excluding hydrogens is 466 g/mol. The largest absolute Gasteiger partial charge is 0.508 e. The number of hydrazine groups is 1. The van der Waals surface area contributed by atoms with E-state index in [9.17, 15) is 19.5 Å². The molecule has 2 saturated heterocycles. The zero-order valence-corrected chi connectivity index (χ0v) is 20.1. The zero-order valence-electron chi connectivity index (χ0n) is 20.1. The van der Waals surface area contributed by atoms with Gasteiger partial charge in [0, 0.05) is 19.5 Å². The minimum atomic E-state index is -0.980. The Labute approximate surface area is 208 Å². The van der Waals surface area contributed by atoms with E-state index in [-0.39, 0.29) is 43.6 Å². The average Bonchev–Trinajstić information content (AvgIpc) is 3.19. The highest BCUT2D eigenvalue weighted by Gasteiger charge is 2.51. The highest BCUT2D eigenvalue weighted by Crippen LogP contribution is 2.28. The van der Waals surface area contributed by atoms with E-state index in [0.717, 1.165) is 11.1 Å². The van der Waals surface area contributed by atoms with Crippen LogP contribution in [0.4, 0.5) is 4.79 Å². The Morgan fingerprint density at radius 2 is 1.83 bits per heavy atom. The standard InChI is InChI=1S/C25H29N5O6/c1-4-11-28-15-22(32)29-19(12-16-5-8-18(31)9-6-16)23(33)27-24(29)30(28)25(34)26-14-17-7-10-20(35-2)21(13-17)36-3/h4-10,13,19,24,31H,1,11-12,14-15H2,2-3H3,(H,26,34)(H,27,33)/t19-,24-/m0/s1. The van der Waals surface area contributed by atoms with Gasteiger partial charge in [-0.3, -0.25) is 14.5 Å². The summed E-state index contributed by atoms with van der Waals surface area (Å²) >= 11 is 0. The van der Waals surface area contributed by atoms with Gasteiger partial charge in [-0.05, 0) is 35.4 Å². The van der Waals surface area contributed by atoms with Crippen LogP contribution in [-0.2, 0) is 22.6 Å². The lowest BCUT2D eigenvalue weighted by molar-refractivity contribution is -0.165. The van der Waals surface area contributed by atoms with Crippen LogP contribution in [0.15, 0.2) is 55.1 Å². The molecule has 0 aliphatic carbocycles. The number of carbonyl (C=O) groups excluding carboxylic acids is 3. The smallest absolute Gasteiger partial charge is 0.335 e. The minimum Gasteiger partial charge on any atom is -0.508 e. The molecule has 2 fully saturated rings. The molecule has 0 aromatic heterocycles. The summed E-state index contributed by atoms with van der Waals surface area (Å²) in [4.78, 5) is 40.8. The maximum atomic E-state index is 13.4. The van der Waals surface area contributed by atoms with E-state index >= 15 is 0 Å². The summed E-state index contributed by atoms with van der Waals surface area (Å²) in [6.45, 7) is 4.05. The molecule has 4 amide bonds. The summed E-state index contributed by atoms with van der Waals surface area (Å²) < 4.78 is 10.6. The maximum Gasteiger partial charge on any atom is 0.335 e. The number of carbonyl (C=O) groups is 3. The van der Waals surface area contributed by atoms with Gasteiger partial charge in [-0.2, -0.15) is 0 Å². The van der Waals surface area contributed by atoms with Crippen LogP contribution in [0.1, 0.15) is 11.1 Å².